The molecule has 0 saturated carbocycles. The van der Waals surface area contributed by atoms with E-state index in [9.17, 15) is 26.7 Å². The summed E-state index contributed by atoms with van der Waals surface area (Å²) in [4.78, 5) is 24.1. The monoisotopic (exact) mass is 598 g/mol. The quantitative estimate of drug-likeness (QED) is 0.200. The molecule has 1 aliphatic rings. The number of aromatic amines is 1. The first-order valence-corrected chi connectivity index (χ1v) is 13.6. The maximum atomic E-state index is 14.3. The van der Waals surface area contributed by atoms with Crippen molar-refractivity contribution in [3.8, 4) is 17.1 Å². The number of pyridine rings is 1. The number of alkyl halides is 5. The maximum Gasteiger partial charge on any atom is 0.418 e. The van der Waals surface area contributed by atoms with Gasteiger partial charge >= 0.3 is 11.9 Å². The zero-order valence-electron chi connectivity index (χ0n) is 23.9. The SMILES string of the molecule is C=C/C(=C\c1cc(C(F)F)[nH]c1C)c1ccnc(-c2cn(C)c(=O)n2-c2ccc(N3CCN(C)CC3)c(C(F)(F)F)c2)c1. The van der Waals surface area contributed by atoms with Crippen LogP contribution in [0.2, 0.25) is 0 Å². The highest BCUT2D eigenvalue weighted by Crippen LogP contribution is 2.39. The molecule has 5 rings (SSSR count). The van der Waals surface area contributed by atoms with Crippen molar-refractivity contribution in [3.63, 3.8) is 0 Å². The number of imidazole rings is 1. The van der Waals surface area contributed by atoms with Gasteiger partial charge in [0, 0.05) is 57.0 Å². The Balaban J connectivity index is 1.58. The van der Waals surface area contributed by atoms with Crippen LogP contribution in [-0.2, 0) is 13.2 Å². The fraction of sp³-hybridized carbons (Fsp3) is 0.290. The van der Waals surface area contributed by atoms with Crippen LogP contribution in [-0.4, -0.2) is 57.2 Å². The number of nitrogens with one attached hydrogen (secondary N) is 1. The zero-order chi connectivity index (χ0) is 31.1. The van der Waals surface area contributed by atoms with Gasteiger partial charge in [0.2, 0.25) is 0 Å². The number of aryl methyl sites for hydroxylation is 2. The fourth-order valence-corrected chi connectivity index (χ4v) is 5.25. The predicted molar refractivity (Wildman–Crippen MR) is 158 cm³/mol. The lowest BCUT2D eigenvalue weighted by Crippen LogP contribution is -2.45. The van der Waals surface area contributed by atoms with Gasteiger partial charge < -0.3 is 19.4 Å². The van der Waals surface area contributed by atoms with Gasteiger partial charge in [-0.15, -0.1) is 0 Å². The highest BCUT2D eigenvalue weighted by atomic mass is 19.4. The van der Waals surface area contributed by atoms with Gasteiger partial charge in [-0.3, -0.25) is 9.55 Å². The standard InChI is InChI=1S/C31H31F5N6O/c1-5-20(14-22-16-26(29(32)33)38-19(22)2)21-8-9-37-25(15-21)28-18-40(4)30(43)42(28)23-6-7-27(24(17-23)31(34,35)36)41-12-10-39(3)11-13-41/h5-9,14-18,29,38H,1,10-13H2,2-4H3/b20-14+. The molecule has 1 aliphatic heterocycles. The van der Waals surface area contributed by atoms with Crippen LogP contribution < -0.4 is 10.6 Å². The maximum absolute atomic E-state index is 14.3. The number of rotatable bonds is 7. The number of piperazine rings is 1. The van der Waals surface area contributed by atoms with Crippen LogP contribution >= 0.6 is 0 Å². The molecule has 0 unspecified atom stereocenters. The van der Waals surface area contributed by atoms with Gasteiger partial charge in [0.25, 0.3) is 6.43 Å². The van der Waals surface area contributed by atoms with Gasteiger partial charge in [-0.1, -0.05) is 12.7 Å². The van der Waals surface area contributed by atoms with E-state index in [0.717, 1.165) is 6.07 Å². The van der Waals surface area contributed by atoms with E-state index >= 15 is 0 Å². The zero-order valence-corrected chi connectivity index (χ0v) is 23.9. The van der Waals surface area contributed by atoms with Crippen molar-refractivity contribution in [3.05, 3.63) is 100 Å². The van der Waals surface area contributed by atoms with Crippen LogP contribution in [0.4, 0.5) is 27.6 Å². The van der Waals surface area contributed by atoms with Crippen molar-refractivity contribution >= 4 is 17.3 Å². The lowest BCUT2D eigenvalue weighted by molar-refractivity contribution is -0.137. The molecule has 226 valence electrons. The summed E-state index contributed by atoms with van der Waals surface area (Å²) in [5, 5.41) is 0. The highest BCUT2D eigenvalue weighted by Gasteiger charge is 2.36. The van der Waals surface area contributed by atoms with Crippen LogP contribution in [0, 0.1) is 6.92 Å². The molecule has 0 aliphatic carbocycles. The molecule has 1 N–H and O–H groups in total. The first-order valence-electron chi connectivity index (χ1n) is 13.6. The summed E-state index contributed by atoms with van der Waals surface area (Å²) in [5.41, 5.74) is 1.54. The second-order valence-corrected chi connectivity index (χ2v) is 10.6. The third-order valence-corrected chi connectivity index (χ3v) is 7.64. The molecule has 43 heavy (non-hydrogen) atoms. The van der Waals surface area contributed by atoms with Crippen LogP contribution in [0.15, 0.2) is 66.2 Å². The van der Waals surface area contributed by atoms with E-state index in [-0.39, 0.29) is 22.8 Å². The normalized spacial score (nSPS) is 15.0. The van der Waals surface area contributed by atoms with Gasteiger partial charge in [-0.05, 0) is 73.1 Å². The Morgan fingerprint density at radius 1 is 1.07 bits per heavy atom. The van der Waals surface area contributed by atoms with Crippen LogP contribution in [0.1, 0.15) is 34.5 Å². The Labute approximate surface area is 245 Å². The summed E-state index contributed by atoms with van der Waals surface area (Å²) in [7, 11) is 3.44. The number of likely N-dealkylation sites (N-methyl/N-ethyl adjacent to an activating group) is 1. The van der Waals surface area contributed by atoms with Crippen molar-refractivity contribution in [1.29, 1.82) is 0 Å². The smallest absolute Gasteiger partial charge is 0.368 e. The Hall–Kier alpha value is -4.45. The minimum atomic E-state index is -4.64. The molecular weight excluding hydrogens is 567 g/mol. The number of halogens is 5. The highest BCUT2D eigenvalue weighted by molar-refractivity contribution is 5.88. The Morgan fingerprint density at radius 2 is 1.79 bits per heavy atom. The topological polar surface area (TPSA) is 62.1 Å². The third kappa shape index (κ3) is 6.05. The lowest BCUT2D eigenvalue weighted by Gasteiger charge is -2.35. The van der Waals surface area contributed by atoms with E-state index in [1.165, 1.54) is 46.8 Å². The van der Waals surface area contributed by atoms with Crippen LogP contribution in [0.5, 0.6) is 0 Å². The molecule has 1 saturated heterocycles. The first-order chi connectivity index (χ1) is 20.4. The van der Waals surface area contributed by atoms with Crippen molar-refractivity contribution in [2.75, 3.05) is 38.1 Å². The van der Waals surface area contributed by atoms with E-state index in [4.69, 9.17) is 0 Å². The van der Waals surface area contributed by atoms with Crippen LogP contribution in [0.25, 0.3) is 28.7 Å². The fourth-order valence-electron chi connectivity index (χ4n) is 5.25. The average Bonchev–Trinajstić information content (AvgIpc) is 3.49. The second kappa shape index (κ2) is 11.7. The van der Waals surface area contributed by atoms with Gasteiger partial charge in [0.15, 0.2) is 0 Å². The van der Waals surface area contributed by atoms with Crippen molar-refractivity contribution < 1.29 is 22.0 Å². The number of anilines is 1. The van der Waals surface area contributed by atoms with Crippen molar-refractivity contribution in [2.45, 2.75) is 19.5 Å². The summed E-state index contributed by atoms with van der Waals surface area (Å²) in [6, 6.07) is 8.68. The van der Waals surface area contributed by atoms with Gasteiger partial charge in [0.05, 0.1) is 28.3 Å². The molecule has 0 spiro atoms. The third-order valence-electron chi connectivity index (χ3n) is 7.64. The van der Waals surface area contributed by atoms with E-state index < -0.39 is 23.9 Å². The Morgan fingerprint density at radius 3 is 2.42 bits per heavy atom. The molecule has 0 bridgehead atoms. The number of hydrogen-bond acceptors (Lipinski definition) is 4. The summed E-state index contributed by atoms with van der Waals surface area (Å²) >= 11 is 0. The first kappa shape index (κ1) is 30.0. The van der Waals surface area contributed by atoms with Crippen molar-refractivity contribution in [2.24, 2.45) is 7.05 Å². The summed E-state index contributed by atoms with van der Waals surface area (Å²) in [5.74, 6) is 0. The number of benzene rings is 1. The van der Waals surface area contributed by atoms with Gasteiger partial charge in [-0.25, -0.2) is 13.6 Å². The molecular formula is C31H31F5N6O. The number of H-pyrrole nitrogens is 1. The largest absolute Gasteiger partial charge is 0.418 e. The van der Waals surface area contributed by atoms with Crippen molar-refractivity contribution in [1.82, 2.24) is 24.0 Å². The number of nitrogens with zero attached hydrogens (tertiary/aromatic N) is 5. The van der Waals surface area contributed by atoms with E-state index in [2.05, 4.69) is 21.4 Å². The van der Waals surface area contributed by atoms with E-state index in [1.807, 2.05) is 7.05 Å². The molecule has 0 atom stereocenters. The van der Waals surface area contributed by atoms with E-state index in [0.29, 0.717) is 54.3 Å². The van der Waals surface area contributed by atoms with Gasteiger partial charge in [-0.2, -0.15) is 13.2 Å². The second-order valence-electron chi connectivity index (χ2n) is 10.6. The molecule has 0 amide bonds. The summed E-state index contributed by atoms with van der Waals surface area (Å²) < 4.78 is 71.9. The van der Waals surface area contributed by atoms with Crippen LogP contribution in [0.3, 0.4) is 0 Å². The molecule has 1 aromatic carbocycles. The minimum Gasteiger partial charge on any atom is -0.368 e. The van der Waals surface area contributed by atoms with Gasteiger partial charge in [0.1, 0.15) is 0 Å². The summed E-state index contributed by atoms with van der Waals surface area (Å²) in [6.07, 6.45) is -0.999. The number of allylic oxidation sites excluding steroid dienone is 2. The molecule has 4 aromatic rings. The molecule has 0 radical (unpaired) electrons. The molecule has 4 heterocycles. The van der Waals surface area contributed by atoms with E-state index in [1.54, 1.807) is 36.1 Å². The predicted octanol–water partition coefficient (Wildman–Crippen LogP) is 6.31. The average molecular weight is 599 g/mol. The summed E-state index contributed by atoms with van der Waals surface area (Å²) in [6.45, 7) is 7.73. The number of hydrogen-bond donors (Lipinski definition) is 1. The number of aromatic nitrogens is 4. The molecule has 7 nitrogen and oxygen atoms in total. The molecule has 12 heteroatoms. The lowest BCUT2D eigenvalue weighted by atomic mass is 10.0. The minimum absolute atomic E-state index is 0.0555. The Bertz CT molecular complexity index is 1740. The molecule has 1 fully saturated rings. The Kier molecular flexibility index (Phi) is 8.15. The molecule has 3 aromatic heterocycles.